The summed E-state index contributed by atoms with van der Waals surface area (Å²) < 4.78 is 42.5. The Morgan fingerprint density at radius 3 is 2.41 bits per heavy atom. The van der Waals surface area contributed by atoms with Gasteiger partial charge in [0, 0.05) is 11.6 Å². The van der Waals surface area contributed by atoms with E-state index in [9.17, 15) is 18.0 Å². The normalized spacial score (nSPS) is 11.4. The molecule has 0 radical (unpaired) electrons. The van der Waals surface area contributed by atoms with Crippen molar-refractivity contribution in [2.45, 2.75) is 6.18 Å². The summed E-state index contributed by atoms with van der Waals surface area (Å²) in [6, 6.07) is 1.59. The van der Waals surface area contributed by atoms with Gasteiger partial charge in [-0.1, -0.05) is 11.6 Å². The fourth-order valence-corrected chi connectivity index (χ4v) is 1.63. The molecule has 0 saturated heterocycles. The maximum absolute atomic E-state index is 12.6. The number of rotatable bonds is 3. The van der Waals surface area contributed by atoms with Crippen LogP contribution >= 0.6 is 23.2 Å². The average molecular weight is 287 g/mol. The van der Waals surface area contributed by atoms with Crippen molar-refractivity contribution in [2.75, 3.05) is 13.0 Å². The van der Waals surface area contributed by atoms with E-state index in [0.717, 1.165) is 13.2 Å². The van der Waals surface area contributed by atoms with E-state index in [-0.39, 0.29) is 10.6 Å². The van der Waals surface area contributed by atoms with E-state index in [0.29, 0.717) is 6.07 Å². The van der Waals surface area contributed by atoms with Gasteiger partial charge in [0.1, 0.15) is 5.75 Å². The van der Waals surface area contributed by atoms with Crippen LogP contribution < -0.4 is 4.74 Å². The van der Waals surface area contributed by atoms with Gasteiger partial charge in [0.05, 0.1) is 23.6 Å². The summed E-state index contributed by atoms with van der Waals surface area (Å²) in [7, 11) is 1.09. The van der Waals surface area contributed by atoms with Gasteiger partial charge in [-0.05, 0) is 6.07 Å². The van der Waals surface area contributed by atoms with Crippen molar-refractivity contribution in [3.63, 3.8) is 0 Å². The smallest absolute Gasteiger partial charge is 0.419 e. The van der Waals surface area contributed by atoms with Crippen LogP contribution in [-0.2, 0) is 6.18 Å². The number of hydrogen-bond acceptors (Lipinski definition) is 2. The Kier molecular flexibility index (Phi) is 4.27. The number of ether oxygens (including phenoxy) is 1. The van der Waals surface area contributed by atoms with Gasteiger partial charge in [-0.3, -0.25) is 4.79 Å². The van der Waals surface area contributed by atoms with Gasteiger partial charge in [0.25, 0.3) is 0 Å². The van der Waals surface area contributed by atoms with Crippen molar-refractivity contribution in [3.8, 4) is 5.75 Å². The third kappa shape index (κ3) is 3.04. The molecule has 7 heteroatoms. The highest BCUT2D eigenvalue weighted by molar-refractivity contribution is 6.37. The average Bonchev–Trinajstić information content (AvgIpc) is 2.25. The third-order valence-corrected chi connectivity index (χ3v) is 2.57. The Morgan fingerprint density at radius 1 is 1.41 bits per heavy atom. The second-order valence-electron chi connectivity index (χ2n) is 3.09. The van der Waals surface area contributed by atoms with Crippen molar-refractivity contribution in [1.82, 2.24) is 0 Å². The first-order valence-corrected chi connectivity index (χ1v) is 5.26. The third-order valence-electron chi connectivity index (χ3n) is 2.02. The fraction of sp³-hybridized carbons (Fsp3) is 0.300. The largest absolute Gasteiger partial charge is 0.496 e. The monoisotopic (exact) mass is 286 g/mol. The van der Waals surface area contributed by atoms with E-state index in [1.54, 1.807) is 0 Å². The topological polar surface area (TPSA) is 26.3 Å². The van der Waals surface area contributed by atoms with Crippen LogP contribution in [0.25, 0.3) is 0 Å². The molecular formula is C10H7Cl2F3O2. The molecule has 2 nitrogen and oxygen atoms in total. The first kappa shape index (κ1) is 14.1. The molecule has 0 aromatic heterocycles. The van der Waals surface area contributed by atoms with Crippen LogP contribution in [0.4, 0.5) is 13.2 Å². The van der Waals surface area contributed by atoms with Crippen LogP contribution in [0.15, 0.2) is 12.1 Å². The quantitative estimate of drug-likeness (QED) is 0.624. The zero-order valence-corrected chi connectivity index (χ0v) is 10.1. The number of methoxy groups -OCH3 is 1. The van der Waals surface area contributed by atoms with Gasteiger partial charge >= 0.3 is 6.18 Å². The highest BCUT2D eigenvalue weighted by Gasteiger charge is 2.35. The standard InChI is InChI=1S/C10H7Cl2F3O2/c1-17-9-3-7(12)5(8(16)4-11)2-6(9)10(13,14)15/h2-3H,4H2,1H3. The molecule has 0 saturated carbocycles. The molecule has 1 aromatic carbocycles. The van der Waals surface area contributed by atoms with Gasteiger partial charge in [-0.2, -0.15) is 13.2 Å². The van der Waals surface area contributed by atoms with Crippen LogP contribution in [0.5, 0.6) is 5.75 Å². The van der Waals surface area contributed by atoms with E-state index in [2.05, 4.69) is 4.74 Å². The molecule has 0 bridgehead atoms. The highest BCUT2D eigenvalue weighted by atomic mass is 35.5. The Hall–Kier alpha value is -0.940. The Morgan fingerprint density at radius 2 is 2.00 bits per heavy atom. The number of benzene rings is 1. The number of Topliss-reactive ketones (excluding diaryl/α,β-unsaturated/α-hetero) is 1. The van der Waals surface area contributed by atoms with Crippen molar-refractivity contribution in [3.05, 3.63) is 28.3 Å². The summed E-state index contributed by atoms with van der Waals surface area (Å²) in [5, 5.41) is -0.125. The first-order chi connectivity index (χ1) is 7.81. The van der Waals surface area contributed by atoms with Crippen molar-refractivity contribution >= 4 is 29.0 Å². The first-order valence-electron chi connectivity index (χ1n) is 4.35. The maximum Gasteiger partial charge on any atom is 0.419 e. The summed E-state index contributed by atoms with van der Waals surface area (Å²) in [4.78, 5) is 11.3. The number of halogens is 5. The van der Waals surface area contributed by atoms with Gasteiger partial charge in [0.15, 0.2) is 5.78 Å². The molecule has 0 atom stereocenters. The molecule has 0 amide bonds. The lowest BCUT2D eigenvalue weighted by Crippen LogP contribution is -2.11. The van der Waals surface area contributed by atoms with Crippen molar-refractivity contribution in [2.24, 2.45) is 0 Å². The molecule has 0 spiro atoms. The van der Waals surface area contributed by atoms with Crippen LogP contribution in [-0.4, -0.2) is 18.8 Å². The Labute approximate surface area is 105 Å². The van der Waals surface area contributed by atoms with E-state index >= 15 is 0 Å². The summed E-state index contributed by atoms with van der Waals surface area (Å²) in [5.74, 6) is -1.55. The summed E-state index contributed by atoms with van der Waals surface area (Å²) >= 11 is 11.0. The maximum atomic E-state index is 12.6. The Bertz CT molecular complexity index is 444. The van der Waals surface area contributed by atoms with Crippen molar-refractivity contribution in [1.29, 1.82) is 0 Å². The molecule has 0 N–H and O–H groups in total. The van der Waals surface area contributed by atoms with Gasteiger partial charge in [0.2, 0.25) is 0 Å². The van der Waals surface area contributed by atoms with E-state index in [1.165, 1.54) is 0 Å². The summed E-state index contributed by atoms with van der Waals surface area (Å²) in [5.41, 5.74) is -1.33. The lowest BCUT2D eigenvalue weighted by Gasteiger charge is -2.14. The molecule has 0 unspecified atom stereocenters. The van der Waals surface area contributed by atoms with Crippen LogP contribution in [0.2, 0.25) is 5.02 Å². The fourth-order valence-electron chi connectivity index (χ4n) is 1.23. The van der Waals surface area contributed by atoms with Crippen LogP contribution in [0.1, 0.15) is 15.9 Å². The number of carbonyl (C=O) groups excluding carboxylic acids is 1. The van der Waals surface area contributed by atoms with E-state index in [1.807, 2.05) is 0 Å². The van der Waals surface area contributed by atoms with E-state index < -0.39 is 29.2 Å². The predicted octanol–water partition coefficient (Wildman–Crippen LogP) is 3.79. The molecular weight excluding hydrogens is 280 g/mol. The molecule has 1 aromatic rings. The molecule has 94 valence electrons. The minimum Gasteiger partial charge on any atom is -0.496 e. The van der Waals surface area contributed by atoms with Gasteiger partial charge < -0.3 is 4.74 Å². The molecule has 0 aliphatic rings. The Balaban J connectivity index is 3.43. The van der Waals surface area contributed by atoms with E-state index in [4.69, 9.17) is 23.2 Å². The molecule has 0 aliphatic heterocycles. The highest BCUT2D eigenvalue weighted by Crippen LogP contribution is 2.39. The zero-order chi connectivity index (χ0) is 13.2. The molecule has 0 aliphatic carbocycles. The summed E-state index contributed by atoms with van der Waals surface area (Å²) in [6.07, 6.45) is -4.63. The summed E-state index contributed by atoms with van der Waals surface area (Å²) in [6.45, 7) is 0. The predicted molar refractivity (Wildman–Crippen MR) is 58.1 cm³/mol. The number of alkyl halides is 4. The molecule has 0 heterocycles. The number of ketones is 1. The SMILES string of the molecule is COc1cc(Cl)c(C(=O)CCl)cc1C(F)(F)F. The number of carbonyl (C=O) groups is 1. The minimum atomic E-state index is -4.63. The van der Waals surface area contributed by atoms with Crippen LogP contribution in [0, 0.1) is 0 Å². The lowest BCUT2D eigenvalue weighted by molar-refractivity contribution is -0.138. The molecule has 17 heavy (non-hydrogen) atoms. The van der Waals surface area contributed by atoms with Crippen molar-refractivity contribution < 1.29 is 22.7 Å². The second-order valence-corrected chi connectivity index (χ2v) is 3.76. The lowest BCUT2D eigenvalue weighted by atomic mass is 10.1. The van der Waals surface area contributed by atoms with Gasteiger partial charge in [-0.25, -0.2) is 0 Å². The van der Waals surface area contributed by atoms with Gasteiger partial charge in [-0.15, -0.1) is 11.6 Å². The second kappa shape index (κ2) is 5.14. The molecule has 1 rings (SSSR count). The zero-order valence-electron chi connectivity index (χ0n) is 8.57. The van der Waals surface area contributed by atoms with Crippen LogP contribution in [0.3, 0.4) is 0 Å². The minimum absolute atomic E-state index is 0.125. The molecule has 0 fully saturated rings. The number of hydrogen-bond donors (Lipinski definition) is 0.